The predicted octanol–water partition coefficient (Wildman–Crippen LogP) is 4.44. The van der Waals surface area contributed by atoms with Crippen LogP contribution in [0.5, 0.6) is 5.75 Å². The Hall–Kier alpha value is -2.66. The third kappa shape index (κ3) is 4.45. The van der Waals surface area contributed by atoms with Crippen molar-refractivity contribution in [1.29, 1.82) is 0 Å². The topological polar surface area (TPSA) is 52.1 Å². The van der Waals surface area contributed by atoms with Crippen LogP contribution in [-0.2, 0) is 0 Å². The van der Waals surface area contributed by atoms with Gasteiger partial charge in [0, 0.05) is 11.1 Å². The van der Waals surface area contributed by atoms with Crippen molar-refractivity contribution in [3.05, 3.63) is 72.1 Å². The number of hydrogen-bond donors (Lipinski definition) is 0. The Morgan fingerprint density at radius 3 is 2.44 bits per heavy atom. The van der Waals surface area contributed by atoms with Crippen molar-refractivity contribution in [1.82, 2.24) is 9.97 Å². The monoisotopic (exact) mass is 350 g/mol. The predicted molar refractivity (Wildman–Crippen MR) is 100 cm³/mol. The van der Waals surface area contributed by atoms with Gasteiger partial charge in [0.05, 0.1) is 18.6 Å². The van der Waals surface area contributed by atoms with Crippen LogP contribution in [0.1, 0.15) is 16.2 Å². The van der Waals surface area contributed by atoms with Gasteiger partial charge < -0.3 is 4.74 Å². The van der Waals surface area contributed by atoms with E-state index in [1.165, 1.54) is 11.8 Å². The van der Waals surface area contributed by atoms with Gasteiger partial charge in [0.15, 0.2) is 5.78 Å². The van der Waals surface area contributed by atoms with E-state index in [4.69, 9.17) is 4.74 Å². The van der Waals surface area contributed by atoms with E-state index < -0.39 is 0 Å². The Morgan fingerprint density at radius 2 is 1.76 bits per heavy atom. The third-order valence-electron chi connectivity index (χ3n) is 3.65. The average molecular weight is 350 g/mol. The van der Waals surface area contributed by atoms with Gasteiger partial charge in [-0.1, -0.05) is 42.1 Å². The molecule has 5 heteroatoms. The molecule has 126 valence electrons. The number of ether oxygens (including phenoxy) is 1. The molecule has 1 heterocycles. The zero-order chi connectivity index (χ0) is 17.6. The lowest BCUT2D eigenvalue weighted by molar-refractivity contribution is 0.102. The lowest BCUT2D eigenvalue weighted by Gasteiger charge is -2.06. The highest BCUT2D eigenvalue weighted by atomic mass is 32.2. The van der Waals surface area contributed by atoms with E-state index in [9.17, 15) is 4.79 Å². The van der Waals surface area contributed by atoms with Gasteiger partial charge >= 0.3 is 0 Å². The Bertz CT molecular complexity index is 865. The van der Waals surface area contributed by atoms with Gasteiger partial charge in [-0.25, -0.2) is 9.97 Å². The molecule has 1 aromatic heterocycles. The maximum Gasteiger partial charge on any atom is 0.173 e. The summed E-state index contributed by atoms with van der Waals surface area (Å²) >= 11 is 1.42. The van der Waals surface area contributed by atoms with Gasteiger partial charge in [-0.2, -0.15) is 0 Å². The Kier molecular flexibility index (Phi) is 5.46. The van der Waals surface area contributed by atoms with E-state index in [-0.39, 0.29) is 5.78 Å². The van der Waals surface area contributed by atoms with E-state index >= 15 is 0 Å². The molecule has 0 unspecified atom stereocenters. The molecule has 0 radical (unpaired) electrons. The molecular weight excluding hydrogens is 332 g/mol. The first kappa shape index (κ1) is 17.2. The molecule has 0 aliphatic carbocycles. The summed E-state index contributed by atoms with van der Waals surface area (Å²) in [5.41, 5.74) is 2.58. The van der Waals surface area contributed by atoms with Crippen molar-refractivity contribution in [2.24, 2.45) is 0 Å². The second kappa shape index (κ2) is 7.94. The number of methoxy groups -OCH3 is 1. The van der Waals surface area contributed by atoms with Crippen LogP contribution in [0.25, 0.3) is 11.3 Å². The van der Waals surface area contributed by atoms with Crippen LogP contribution in [0.3, 0.4) is 0 Å². The van der Waals surface area contributed by atoms with Gasteiger partial charge in [0.1, 0.15) is 16.6 Å². The van der Waals surface area contributed by atoms with Gasteiger partial charge in [-0.3, -0.25) is 4.79 Å². The summed E-state index contributed by atoms with van der Waals surface area (Å²) in [4.78, 5) is 21.3. The number of aryl methyl sites for hydroxylation is 1. The molecular formula is C20H18N2O2S. The molecule has 0 aliphatic heterocycles. The summed E-state index contributed by atoms with van der Waals surface area (Å²) in [6.45, 7) is 1.86. The number of ketones is 1. The van der Waals surface area contributed by atoms with Gasteiger partial charge in [0.2, 0.25) is 0 Å². The molecule has 2 aromatic carbocycles. The quantitative estimate of drug-likeness (QED) is 0.374. The van der Waals surface area contributed by atoms with Crippen LogP contribution in [0.15, 0.2) is 65.7 Å². The number of rotatable bonds is 6. The minimum absolute atomic E-state index is 0.0604. The fraction of sp³-hybridized carbons (Fsp3) is 0.150. The summed E-state index contributed by atoms with van der Waals surface area (Å²) in [6.07, 6.45) is 0. The standard InChI is InChI=1S/C20H18N2O2S/c1-14-21-18(15-6-4-3-5-7-15)12-20(22-14)25-13-19(23)16-8-10-17(24-2)11-9-16/h3-12H,13H2,1-2H3. The maximum atomic E-state index is 12.4. The van der Waals surface area contributed by atoms with Crippen molar-refractivity contribution in [3.8, 4) is 17.0 Å². The largest absolute Gasteiger partial charge is 0.497 e. The van der Waals surface area contributed by atoms with Crippen LogP contribution >= 0.6 is 11.8 Å². The van der Waals surface area contributed by atoms with E-state index in [2.05, 4.69) is 9.97 Å². The molecule has 0 N–H and O–H groups in total. The van der Waals surface area contributed by atoms with E-state index in [0.29, 0.717) is 17.1 Å². The molecule has 0 bridgehead atoms. The zero-order valence-electron chi connectivity index (χ0n) is 14.1. The normalized spacial score (nSPS) is 10.5. The molecule has 0 saturated carbocycles. The van der Waals surface area contributed by atoms with E-state index in [0.717, 1.165) is 22.0 Å². The van der Waals surface area contributed by atoms with Crippen molar-refractivity contribution in [2.75, 3.05) is 12.9 Å². The molecule has 3 aromatic rings. The first-order valence-electron chi connectivity index (χ1n) is 7.87. The van der Waals surface area contributed by atoms with Crippen molar-refractivity contribution < 1.29 is 9.53 Å². The molecule has 3 rings (SSSR count). The Labute approximate surface area is 151 Å². The molecule has 0 fully saturated rings. The molecule has 0 spiro atoms. The maximum absolute atomic E-state index is 12.4. The number of Topliss-reactive ketones (excluding diaryl/α,β-unsaturated/α-hetero) is 1. The molecule has 0 saturated heterocycles. The van der Waals surface area contributed by atoms with Crippen molar-refractivity contribution in [2.45, 2.75) is 11.9 Å². The minimum Gasteiger partial charge on any atom is -0.497 e. The van der Waals surface area contributed by atoms with Gasteiger partial charge in [-0.05, 0) is 37.3 Å². The van der Waals surface area contributed by atoms with Crippen LogP contribution < -0.4 is 4.74 Å². The minimum atomic E-state index is 0.0604. The van der Waals surface area contributed by atoms with Crippen LogP contribution in [0.4, 0.5) is 0 Å². The number of benzene rings is 2. The summed E-state index contributed by atoms with van der Waals surface area (Å²) in [6, 6.07) is 19.0. The lowest BCUT2D eigenvalue weighted by atomic mass is 10.1. The van der Waals surface area contributed by atoms with Gasteiger partial charge in [-0.15, -0.1) is 0 Å². The summed E-state index contributed by atoms with van der Waals surface area (Å²) in [7, 11) is 1.61. The number of carbonyl (C=O) groups excluding carboxylic acids is 1. The van der Waals surface area contributed by atoms with E-state index in [1.807, 2.05) is 43.3 Å². The first-order chi connectivity index (χ1) is 12.2. The molecule has 0 aliphatic rings. The second-order valence-electron chi connectivity index (χ2n) is 5.45. The Morgan fingerprint density at radius 1 is 1.04 bits per heavy atom. The first-order valence-corrected chi connectivity index (χ1v) is 8.85. The SMILES string of the molecule is COc1ccc(C(=O)CSc2cc(-c3ccccc3)nc(C)n2)cc1. The fourth-order valence-corrected chi connectivity index (χ4v) is 3.21. The average Bonchev–Trinajstić information content (AvgIpc) is 2.66. The number of carbonyl (C=O) groups is 1. The highest BCUT2D eigenvalue weighted by Gasteiger charge is 2.10. The number of thioether (sulfide) groups is 1. The van der Waals surface area contributed by atoms with Crippen molar-refractivity contribution in [3.63, 3.8) is 0 Å². The lowest BCUT2D eigenvalue weighted by Crippen LogP contribution is -2.03. The van der Waals surface area contributed by atoms with Gasteiger partial charge in [0.25, 0.3) is 0 Å². The Balaban J connectivity index is 1.72. The fourth-order valence-electron chi connectivity index (χ4n) is 2.37. The van der Waals surface area contributed by atoms with Crippen LogP contribution in [0.2, 0.25) is 0 Å². The van der Waals surface area contributed by atoms with Crippen LogP contribution in [-0.4, -0.2) is 28.6 Å². The number of hydrogen-bond acceptors (Lipinski definition) is 5. The molecule has 25 heavy (non-hydrogen) atoms. The molecule has 0 amide bonds. The highest BCUT2D eigenvalue weighted by Crippen LogP contribution is 2.24. The summed E-state index contributed by atoms with van der Waals surface area (Å²) in [5, 5.41) is 0.799. The van der Waals surface area contributed by atoms with E-state index in [1.54, 1.807) is 31.4 Å². The summed E-state index contributed by atoms with van der Waals surface area (Å²) < 4.78 is 5.11. The second-order valence-corrected chi connectivity index (χ2v) is 6.44. The highest BCUT2D eigenvalue weighted by molar-refractivity contribution is 7.99. The third-order valence-corrected chi connectivity index (χ3v) is 4.56. The van der Waals surface area contributed by atoms with Crippen LogP contribution in [0, 0.1) is 6.92 Å². The number of aromatic nitrogens is 2. The zero-order valence-corrected chi connectivity index (χ0v) is 14.9. The molecule has 0 atom stereocenters. The molecule has 4 nitrogen and oxygen atoms in total. The smallest absolute Gasteiger partial charge is 0.173 e. The number of nitrogens with zero attached hydrogens (tertiary/aromatic N) is 2. The summed E-state index contributed by atoms with van der Waals surface area (Å²) in [5.74, 6) is 1.82. The van der Waals surface area contributed by atoms with Crippen molar-refractivity contribution >= 4 is 17.5 Å².